The molecule has 0 bridgehead atoms. The van der Waals surface area contributed by atoms with Crippen LogP contribution in [-0.2, 0) is 4.79 Å². The summed E-state index contributed by atoms with van der Waals surface area (Å²) in [5.41, 5.74) is 0. The van der Waals surface area contributed by atoms with Crippen molar-refractivity contribution < 1.29 is 9.90 Å². The van der Waals surface area contributed by atoms with Crippen molar-refractivity contribution in [1.82, 2.24) is 9.80 Å². The van der Waals surface area contributed by atoms with Gasteiger partial charge in [0.15, 0.2) is 0 Å². The van der Waals surface area contributed by atoms with Crippen molar-refractivity contribution in [2.75, 3.05) is 26.2 Å². The van der Waals surface area contributed by atoms with Gasteiger partial charge < -0.3 is 10.0 Å². The molecule has 0 atom stereocenters. The molecule has 1 heterocycles. The van der Waals surface area contributed by atoms with E-state index in [0.717, 1.165) is 32.2 Å². The van der Waals surface area contributed by atoms with Gasteiger partial charge in [-0.1, -0.05) is 0 Å². The van der Waals surface area contributed by atoms with Crippen LogP contribution < -0.4 is 0 Å². The van der Waals surface area contributed by atoms with E-state index in [1.54, 1.807) is 6.20 Å². The average molecular weight is 196 g/mol. The first-order chi connectivity index (χ1) is 6.75. The van der Waals surface area contributed by atoms with Crippen LogP contribution in [0.25, 0.3) is 0 Å². The molecule has 0 radical (unpaired) electrons. The van der Waals surface area contributed by atoms with Gasteiger partial charge in [-0.15, -0.1) is 0 Å². The highest BCUT2D eigenvalue weighted by molar-refractivity contribution is 5.79. The Balaban J connectivity index is 1.74. The number of carboxylic acid groups (broad SMARTS) is 1. The SMILES string of the molecule is O=C(O)C=CN1CCN(C2CC2)CC1. The molecular formula is C10H16N2O2. The third-order valence-electron chi connectivity index (χ3n) is 2.84. The molecule has 0 aromatic rings. The summed E-state index contributed by atoms with van der Waals surface area (Å²) in [5.74, 6) is -0.866. The van der Waals surface area contributed by atoms with Crippen LogP contribution in [0, 0.1) is 0 Å². The number of hydrogen-bond acceptors (Lipinski definition) is 3. The van der Waals surface area contributed by atoms with Crippen molar-refractivity contribution in [3.05, 3.63) is 12.3 Å². The fourth-order valence-corrected chi connectivity index (χ4v) is 1.86. The maximum atomic E-state index is 10.3. The molecule has 14 heavy (non-hydrogen) atoms. The lowest BCUT2D eigenvalue weighted by atomic mass is 10.3. The Morgan fingerprint density at radius 3 is 2.36 bits per heavy atom. The minimum atomic E-state index is -0.866. The van der Waals surface area contributed by atoms with Crippen LogP contribution in [0.1, 0.15) is 12.8 Å². The van der Waals surface area contributed by atoms with Gasteiger partial charge in [0, 0.05) is 44.5 Å². The van der Waals surface area contributed by atoms with Crippen molar-refractivity contribution in [3.8, 4) is 0 Å². The molecule has 0 spiro atoms. The molecule has 0 amide bonds. The highest BCUT2D eigenvalue weighted by Gasteiger charge is 2.30. The standard InChI is InChI=1S/C10H16N2O2/c13-10(14)3-4-11-5-7-12(8-6-11)9-1-2-9/h3-4,9H,1-2,5-8H2,(H,13,14). The van der Waals surface area contributed by atoms with Crippen LogP contribution in [-0.4, -0.2) is 53.1 Å². The zero-order valence-corrected chi connectivity index (χ0v) is 8.22. The lowest BCUT2D eigenvalue weighted by Crippen LogP contribution is -2.44. The maximum Gasteiger partial charge on any atom is 0.329 e. The Kier molecular flexibility index (Phi) is 2.72. The van der Waals surface area contributed by atoms with Crippen molar-refractivity contribution >= 4 is 5.97 Å². The molecule has 1 saturated carbocycles. The lowest BCUT2D eigenvalue weighted by Gasteiger charge is -2.33. The van der Waals surface area contributed by atoms with Gasteiger partial charge in [-0.2, -0.15) is 0 Å². The van der Waals surface area contributed by atoms with Crippen LogP contribution in [0.5, 0.6) is 0 Å². The molecule has 1 saturated heterocycles. The average Bonchev–Trinajstić information content (AvgIpc) is 2.99. The normalized spacial score (nSPS) is 24.4. The van der Waals surface area contributed by atoms with Gasteiger partial charge in [0.05, 0.1) is 0 Å². The third kappa shape index (κ3) is 2.48. The lowest BCUT2D eigenvalue weighted by molar-refractivity contribution is -0.131. The summed E-state index contributed by atoms with van der Waals surface area (Å²) in [7, 11) is 0. The van der Waals surface area contributed by atoms with Crippen molar-refractivity contribution in [2.45, 2.75) is 18.9 Å². The summed E-state index contributed by atoms with van der Waals surface area (Å²) in [6, 6.07) is 0.834. The van der Waals surface area contributed by atoms with Crippen LogP contribution in [0.15, 0.2) is 12.3 Å². The van der Waals surface area contributed by atoms with Crippen LogP contribution in [0.2, 0.25) is 0 Å². The fraction of sp³-hybridized carbons (Fsp3) is 0.700. The molecule has 78 valence electrons. The van der Waals surface area contributed by atoms with Crippen LogP contribution in [0.4, 0.5) is 0 Å². The predicted molar refractivity (Wildman–Crippen MR) is 52.9 cm³/mol. The van der Waals surface area contributed by atoms with Gasteiger partial charge in [0.25, 0.3) is 0 Å². The first kappa shape index (κ1) is 9.52. The smallest absolute Gasteiger partial charge is 0.329 e. The van der Waals surface area contributed by atoms with Gasteiger partial charge in [0.2, 0.25) is 0 Å². The quantitative estimate of drug-likeness (QED) is 0.662. The number of rotatable bonds is 3. The largest absolute Gasteiger partial charge is 0.478 e. The minimum Gasteiger partial charge on any atom is -0.478 e. The number of carboxylic acids is 1. The van der Waals surface area contributed by atoms with Crippen molar-refractivity contribution in [2.24, 2.45) is 0 Å². The molecule has 2 fully saturated rings. The summed E-state index contributed by atoms with van der Waals surface area (Å²) < 4.78 is 0. The molecular weight excluding hydrogens is 180 g/mol. The van der Waals surface area contributed by atoms with Gasteiger partial charge in [-0.25, -0.2) is 4.79 Å². The molecule has 2 aliphatic rings. The van der Waals surface area contributed by atoms with Crippen molar-refractivity contribution in [1.29, 1.82) is 0 Å². The topological polar surface area (TPSA) is 43.8 Å². The number of nitrogens with zero attached hydrogens (tertiary/aromatic N) is 2. The predicted octanol–water partition coefficient (Wildman–Crippen LogP) is 0.365. The van der Waals surface area contributed by atoms with E-state index < -0.39 is 5.97 Å². The van der Waals surface area contributed by atoms with E-state index in [-0.39, 0.29) is 0 Å². The first-order valence-corrected chi connectivity index (χ1v) is 5.15. The Bertz CT molecular complexity index is 241. The Morgan fingerprint density at radius 2 is 1.86 bits per heavy atom. The molecule has 2 rings (SSSR count). The van der Waals surface area contributed by atoms with E-state index in [0.29, 0.717) is 0 Å². The van der Waals surface area contributed by atoms with Gasteiger partial charge in [-0.05, 0) is 12.8 Å². The molecule has 1 aliphatic carbocycles. The third-order valence-corrected chi connectivity index (χ3v) is 2.84. The highest BCUT2D eigenvalue weighted by Crippen LogP contribution is 2.27. The summed E-state index contributed by atoms with van der Waals surface area (Å²) >= 11 is 0. The van der Waals surface area contributed by atoms with E-state index in [1.807, 2.05) is 0 Å². The Labute approximate surface area is 83.8 Å². The highest BCUT2D eigenvalue weighted by atomic mass is 16.4. The van der Waals surface area contributed by atoms with Gasteiger partial charge in [0.1, 0.15) is 0 Å². The zero-order chi connectivity index (χ0) is 9.97. The van der Waals surface area contributed by atoms with E-state index >= 15 is 0 Å². The molecule has 0 unspecified atom stereocenters. The van der Waals surface area contributed by atoms with E-state index in [1.165, 1.54) is 18.9 Å². The Morgan fingerprint density at radius 1 is 1.21 bits per heavy atom. The molecule has 4 heteroatoms. The summed E-state index contributed by atoms with van der Waals surface area (Å²) in [6.07, 6.45) is 5.61. The second-order valence-corrected chi connectivity index (χ2v) is 3.96. The number of aliphatic carboxylic acids is 1. The molecule has 0 aromatic carbocycles. The Hall–Kier alpha value is -1.03. The molecule has 1 aliphatic heterocycles. The van der Waals surface area contributed by atoms with E-state index in [2.05, 4.69) is 9.80 Å². The number of piperazine rings is 1. The summed E-state index contributed by atoms with van der Waals surface area (Å²) in [4.78, 5) is 14.9. The van der Waals surface area contributed by atoms with Crippen LogP contribution in [0.3, 0.4) is 0 Å². The monoisotopic (exact) mass is 196 g/mol. The zero-order valence-electron chi connectivity index (χ0n) is 8.22. The van der Waals surface area contributed by atoms with Crippen molar-refractivity contribution in [3.63, 3.8) is 0 Å². The van der Waals surface area contributed by atoms with Gasteiger partial charge in [-0.3, -0.25) is 4.90 Å². The first-order valence-electron chi connectivity index (χ1n) is 5.15. The molecule has 4 nitrogen and oxygen atoms in total. The van der Waals surface area contributed by atoms with Crippen LogP contribution >= 0.6 is 0 Å². The molecule has 0 aromatic heterocycles. The summed E-state index contributed by atoms with van der Waals surface area (Å²) in [5, 5.41) is 8.47. The van der Waals surface area contributed by atoms with E-state index in [9.17, 15) is 4.79 Å². The maximum absolute atomic E-state index is 10.3. The number of hydrogen-bond donors (Lipinski definition) is 1. The second kappa shape index (κ2) is 4.00. The second-order valence-electron chi connectivity index (χ2n) is 3.96. The fourth-order valence-electron chi connectivity index (χ4n) is 1.86. The minimum absolute atomic E-state index is 0.834. The summed E-state index contributed by atoms with van der Waals surface area (Å²) in [6.45, 7) is 4.07. The van der Waals surface area contributed by atoms with E-state index in [4.69, 9.17) is 5.11 Å². The molecule has 1 N–H and O–H groups in total. The number of carbonyl (C=O) groups is 1. The van der Waals surface area contributed by atoms with Gasteiger partial charge >= 0.3 is 5.97 Å².